The Morgan fingerprint density at radius 1 is 1.14 bits per heavy atom. The summed E-state index contributed by atoms with van der Waals surface area (Å²) in [4.78, 5) is 20.1. The Morgan fingerprint density at radius 3 is 2.51 bits per heavy atom. The SMILES string of the molecule is CNCc1ccccc1CNC(=O)Cc1nc(NCC(F)(F)c2ncccc2O)cc(C#N)c1O. The van der Waals surface area contributed by atoms with Gasteiger partial charge < -0.3 is 26.2 Å². The van der Waals surface area contributed by atoms with Crippen LogP contribution in [0.4, 0.5) is 14.6 Å². The predicted octanol–water partition coefficient (Wildman–Crippen LogP) is 2.54. The molecule has 0 saturated heterocycles. The van der Waals surface area contributed by atoms with Gasteiger partial charge in [0.15, 0.2) is 11.4 Å². The number of amides is 1. The summed E-state index contributed by atoms with van der Waals surface area (Å²) < 4.78 is 29.1. The second-order valence-corrected chi connectivity index (χ2v) is 7.64. The van der Waals surface area contributed by atoms with E-state index in [1.807, 2.05) is 31.3 Å². The highest BCUT2D eigenvalue weighted by Crippen LogP contribution is 2.33. The second-order valence-electron chi connectivity index (χ2n) is 7.64. The summed E-state index contributed by atoms with van der Waals surface area (Å²) in [5.41, 5.74) is 0.727. The van der Waals surface area contributed by atoms with E-state index in [9.17, 15) is 29.1 Å². The Kier molecular flexibility index (Phi) is 8.12. The van der Waals surface area contributed by atoms with Crippen LogP contribution < -0.4 is 16.0 Å². The summed E-state index contributed by atoms with van der Waals surface area (Å²) in [5.74, 6) is -5.34. The Morgan fingerprint density at radius 2 is 1.86 bits per heavy atom. The highest BCUT2D eigenvalue weighted by Gasteiger charge is 2.36. The number of anilines is 1. The number of alkyl halides is 2. The van der Waals surface area contributed by atoms with Gasteiger partial charge in [-0.1, -0.05) is 24.3 Å². The van der Waals surface area contributed by atoms with Crippen LogP contribution in [0.25, 0.3) is 0 Å². The predicted molar refractivity (Wildman–Crippen MR) is 124 cm³/mol. The van der Waals surface area contributed by atoms with Crippen molar-refractivity contribution in [3.8, 4) is 17.6 Å². The van der Waals surface area contributed by atoms with Gasteiger partial charge in [0.05, 0.1) is 24.2 Å². The zero-order valence-electron chi connectivity index (χ0n) is 18.8. The molecule has 0 saturated carbocycles. The topological polar surface area (TPSA) is 143 Å². The molecule has 0 aliphatic heterocycles. The van der Waals surface area contributed by atoms with Crippen LogP contribution >= 0.6 is 0 Å². The fourth-order valence-electron chi connectivity index (χ4n) is 3.36. The minimum atomic E-state index is -3.56. The number of aromatic nitrogens is 2. The number of nitriles is 1. The van der Waals surface area contributed by atoms with Crippen molar-refractivity contribution < 1.29 is 23.8 Å². The molecular formula is C24H24F2N6O3. The molecule has 0 atom stereocenters. The van der Waals surface area contributed by atoms with Crippen molar-refractivity contribution in [2.24, 2.45) is 0 Å². The summed E-state index contributed by atoms with van der Waals surface area (Å²) in [5, 5.41) is 37.5. The first-order valence-electron chi connectivity index (χ1n) is 10.6. The molecule has 5 N–H and O–H groups in total. The van der Waals surface area contributed by atoms with Crippen LogP contribution in [0.3, 0.4) is 0 Å². The number of nitrogens with one attached hydrogen (secondary N) is 3. The van der Waals surface area contributed by atoms with Crippen LogP contribution in [-0.4, -0.2) is 39.7 Å². The number of nitrogens with zero attached hydrogens (tertiary/aromatic N) is 3. The van der Waals surface area contributed by atoms with Crippen molar-refractivity contribution in [1.82, 2.24) is 20.6 Å². The smallest absolute Gasteiger partial charge is 0.310 e. The molecule has 11 heteroatoms. The maximum absolute atomic E-state index is 14.5. The highest BCUT2D eigenvalue weighted by atomic mass is 19.3. The van der Waals surface area contributed by atoms with Gasteiger partial charge in [-0.25, -0.2) is 4.98 Å². The van der Waals surface area contributed by atoms with E-state index in [-0.39, 0.29) is 30.0 Å². The zero-order chi connectivity index (χ0) is 25.4. The molecule has 1 aromatic carbocycles. The third kappa shape index (κ3) is 6.39. The van der Waals surface area contributed by atoms with E-state index in [1.54, 1.807) is 6.07 Å². The molecule has 0 aliphatic rings. The lowest BCUT2D eigenvalue weighted by Gasteiger charge is -2.18. The van der Waals surface area contributed by atoms with Crippen molar-refractivity contribution >= 4 is 11.7 Å². The molecule has 3 rings (SSSR count). The van der Waals surface area contributed by atoms with E-state index in [4.69, 9.17) is 0 Å². The van der Waals surface area contributed by atoms with Crippen LogP contribution in [0.15, 0.2) is 48.7 Å². The fraction of sp³-hybridized carbons (Fsp3) is 0.250. The van der Waals surface area contributed by atoms with Gasteiger partial charge in [-0.2, -0.15) is 14.0 Å². The molecule has 3 aromatic rings. The van der Waals surface area contributed by atoms with Crippen LogP contribution in [0, 0.1) is 11.3 Å². The molecule has 35 heavy (non-hydrogen) atoms. The summed E-state index contributed by atoms with van der Waals surface area (Å²) in [7, 11) is 1.81. The molecule has 2 aromatic heterocycles. The largest absolute Gasteiger partial charge is 0.506 e. The number of pyridine rings is 2. The average molecular weight is 482 g/mol. The summed E-state index contributed by atoms with van der Waals surface area (Å²) in [6, 6.07) is 12.8. The van der Waals surface area contributed by atoms with Crippen LogP contribution in [-0.2, 0) is 30.2 Å². The van der Waals surface area contributed by atoms with Gasteiger partial charge in [0, 0.05) is 25.4 Å². The van der Waals surface area contributed by atoms with Gasteiger partial charge in [-0.15, -0.1) is 0 Å². The van der Waals surface area contributed by atoms with E-state index in [2.05, 4.69) is 25.9 Å². The second kappa shape index (κ2) is 11.2. The van der Waals surface area contributed by atoms with Gasteiger partial charge in [-0.3, -0.25) is 9.78 Å². The molecule has 0 unspecified atom stereocenters. The maximum Gasteiger partial charge on any atom is 0.310 e. The van der Waals surface area contributed by atoms with Gasteiger partial charge in [0.1, 0.15) is 17.6 Å². The van der Waals surface area contributed by atoms with E-state index in [0.717, 1.165) is 29.5 Å². The summed E-state index contributed by atoms with van der Waals surface area (Å²) in [6.45, 7) is -0.136. The number of aromatic hydroxyl groups is 2. The first kappa shape index (κ1) is 25.3. The standard InChI is InChI=1S/C24H24F2N6O3/c1-28-12-15-5-2-3-6-16(15)13-30-21(34)10-18-22(35)17(11-27)9-20(32-18)31-14-24(25,26)23-19(33)7-4-8-29-23/h2-9,28,33,35H,10,12-14H2,1H3,(H,30,34)(H,31,32). The molecule has 0 radical (unpaired) electrons. The molecule has 1 amide bonds. The third-order valence-corrected chi connectivity index (χ3v) is 5.10. The molecule has 9 nitrogen and oxygen atoms in total. The lowest BCUT2D eigenvalue weighted by atomic mass is 10.1. The molecule has 0 fully saturated rings. The molecule has 0 spiro atoms. The van der Waals surface area contributed by atoms with Crippen molar-refractivity contribution in [1.29, 1.82) is 5.26 Å². The molecule has 0 aliphatic carbocycles. The van der Waals surface area contributed by atoms with Crippen LogP contribution in [0.1, 0.15) is 28.1 Å². The minimum Gasteiger partial charge on any atom is -0.506 e. The third-order valence-electron chi connectivity index (χ3n) is 5.10. The van der Waals surface area contributed by atoms with Crippen molar-refractivity contribution in [3.05, 3.63) is 76.7 Å². The first-order valence-corrected chi connectivity index (χ1v) is 10.6. The van der Waals surface area contributed by atoms with Gasteiger partial charge in [-0.05, 0) is 30.3 Å². The Hall–Kier alpha value is -4.30. The molecule has 182 valence electrons. The quantitative estimate of drug-likeness (QED) is 0.297. The lowest BCUT2D eigenvalue weighted by molar-refractivity contribution is -0.120. The summed E-state index contributed by atoms with van der Waals surface area (Å²) in [6.07, 6.45) is 0.755. The van der Waals surface area contributed by atoms with Crippen molar-refractivity contribution in [3.63, 3.8) is 0 Å². The van der Waals surface area contributed by atoms with E-state index in [1.165, 1.54) is 6.07 Å². The van der Waals surface area contributed by atoms with Crippen LogP contribution in [0.5, 0.6) is 11.5 Å². The van der Waals surface area contributed by atoms with E-state index < -0.39 is 35.6 Å². The first-order chi connectivity index (χ1) is 16.7. The van der Waals surface area contributed by atoms with Gasteiger partial charge >= 0.3 is 5.92 Å². The highest BCUT2D eigenvalue weighted by molar-refractivity contribution is 5.79. The van der Waals surface area contributed by atoms with Gasteiger partial charge in [0.2, 0.25) is 5.91 Å². The number of carbonyl (C=O) groups excluding carboxylic acids is 1. The number of halogens is 2. The van der Waals surface area contributed by atoms with E-state index >= 15 is 0 Å². The lowest BCUT2D eigenvalue weighted by Crippen LogP contribution is -2.27. The van der Waals surface area contributed by atoms with Crippen LogP contribution in [0.2, 0.25) is 0 Å². The number of hydrogen-bond acceptors (Lipinski definition) is 8. The van der Waals surface area contributed by atoms with E-state index in [0.29, 0.717) is 6.54 Å². The monoisotopic (exact) mass is 482 g/mol. The average Bonchev–Trinajstić information content (AvgIpc) is 2.84. The summed E-state index contributed by atoms with van der Waals surface area (Å²) >= 11 is 0. The molecule has 0 bridgehead atoms. The minimum absolute atomic E-state index is 0.142. The fourth-order valence-corrected chi connectivity index (χ4v) is 3.36. The Bertz CT molecular complexity index is 1250. The maximum atomic E-state index is 14.5. The number of carbonyl (C=O) groups is 1. The number of rotatable bonds is 10. The number of benzene rings is 1. The Labute approximate surface area is 200 Å². The number of hydrogen-bond donors (Lipinski definition) is 5. The van der Waals surface area contributed by atoms with Gasteiger partial charge in [0.25, 0.3) is 0 Å². The normalized spacial score (nSPS) is 11.0. The Balaban J connectivity index is 1.72. The zero-order valence-corrected chi connectivity index (χ0v) is 18.8. The molecular weight excluding hydrogens is 458 g/mol. The van der Waals surface area contributed by atoms with Crippen molar-refractivity contribution in [2.75, 3.05) is 18.9 Å². The van der Waals surface area contributed by atoms with Crippen molar-refractivity contribution in [2.45, 2.75) is 25.4 Å². The molecule has 2 heterocycles.